The van der Waals surface area contributed by atoms with Gasteiger partial charge in [-0.3, -0.25) is 9.69 Å². The molecule has 0 aromatic rings. The van der Waals surface area contributed by atoms with Crippen molar-refractivity contribution in [1.82, 2.24) is 9.80 Å². The molecule has 0 rings (SSSR count). The van der Waals surface area contributed by atoms with Gasteiger partial charge in [-0.1, -0.05) is 12.2 Å². The van der Waals surface area contributed by atoms with Gasteiger partial charge in [-0.2, -0.15) is 0 Å². The van der Waals surface area contributed by atoms with E-state index in [1.54, 1.807) is 0 Å². The van der Waals surface area contributed by atoms with Gasteiger partial charge in [0.15, 0.2) is 0 Å². The van der Waals surface area contributed by atoms with Crippen molar-refractivity contribution in [3.63, 3.8) is 0 Å². The molecule has 0 amide bonds. The predicted octanol–water partition coefficient (Wildman–Crippen LogP) is 0.511. The van der Waals surface area contributed by atoms with Crippen LogP contribution in [0.5, 0.6) is 0 Å². The van der Waals surface area contributed by atoms with E-state index in [-0.39, 0.29) is 6.54 Å². The highest BCUT2D eigenvalue weighted by Crippen LogP contribution is 1.90. The maximum Gasteiger partial charge on any atom is 0.317 e. The summed E-state index contributed by atoms with van der Waals surface area (Å²) in [6.07, 6.45) is 3.91. The molecule has 0 aliphatic rings. The number of hydrogen-bond acceptors (Lipinski definition) is 3. The summed E-state index contributed by atoms with van der Waals surface area (Å²) in [4.78, 5) is 14.5. The molecule has 0 aromatic heterocycles. The Morgan fingerprint density at radius 3 is 2.43 bits per heavy atom. The summed E-state index contributed by atoms with van der Waals surface area (Å²) in [5.41, 5.74) is 0. The van der Waals surface area contributed by atoms with Crippen molar-refractivity contribution in [1.29, 1.82) is 0 Å². The number of carbonyl (C=O) groups is 1. The Bertz CT molecular complexity index is 191. The lowest BCUT2D eigenvalue weighted by Crippen LogP contribution is -2.35. The quantitative estimate of drug-likeness (QED) is 0.608. The normalized spacial score (nSPS) is 11.8. The van der Waals surface area contributed by atoms with E-state index in [9.17, 15) is 4.79 Å². The monoisotopic (exact) mass is 200 g/mol. The SMILES string of the molecule is C/C=C/CN(CCN(C)C)CC(=O)O. The minimum Gasteiger partial charge on any atom is -0.480 e. The smallest absolute Gasteiger partial charge is 0.317 e. The van der Waals surface area contributed by atoms with Crippen molar-refractivity contribution in [2.45, 2.75) is 6.92 Å². The van der Waals surface area contributed by atoms with Crippen LogP contribution in [0.2, 0.25) is 0 Å². The Balaban J connectivity index is 3.90. The van der Waals surface area contributed by atoms with E-state index in [1.165, 1.54) is 0 Å². The minimum absolute atomic E-state index is 0.109. The fraction of sp³-hybridized carbons (Fsp3) is 0.700. The van der Waals surface area contributed by atoms with Gasteiger partial charge in [0.25, 0.3) is 0 Å². The number of hydrogen-bond donors (Lipinski definition) is 1. The van der Waals surface area contributed by atoms with E-state index >= 15 is 0 Å². The summed E-state index contributed by atoms with van der Waals surface area (Å²) < 4.78 is 0. The average molecular weight is 200 g/mol. The highest BCUT2D eigenvalue weighted by Gasteiger charge is 2.07. The molecule has 0 radical (unpaired) electrons. The number of carboxylic acid groups (broad SMARTS) is 1. The lowest BCUT2D eigenvalue weighted by atomic mass is 10.4. The molecule has 0 heterocycles. The van der Waals surface area contributed by atoms with E-state index in [0.717, 1.165) is 13.1 Å². The number of aliphatic carboxylic acids is 1. The first kappa shape index (κ1) is 13.1. The maximum atomic E-state index is 10.5. The van der Waals surface area contributed by atoms with Crippen LogP contribution in [-0.4, -0.2) is 61.2 Å². The fourth-order valence-electron chi connectivity index (χ4n) is 1.02. The lowest BCUT2D eigenvalue weighted by Gasteiger charge is -2.20. The molecule has 0 atom stereocenters. The molecular formula is C10H20N2O2. The van der Waals surface area contributed by atoms with Crippen molar-refractivity contribution >= 4 is 5.97 Å². The fourth-order valence-corrected chi connectivity index (χ4v) is 1.02. The number of nitrogens with zero attached hydrogens (tertiary/aromatic N) is 2. The van der Waals surface area contributed by atoms with Gasteiger partial charge in [0.2, 0.25) is 0 Å². The van der Waals surface area contributed by atoms with E-state index in [4.69, 9.17) is 5.11 Å². The number of allylic oxidation sites excluding steroid dienone is 1. The van der Waals surface area contributed by atoms with Crippen molar-refractivity contribution < 1.29 is 9.90 Å². The van der Waals surface area contributed by atoms with Crippen LogP contribution in [0.3, 0.4) is 0 Å². The predicted molar refractivity (Wildman–Crippen MR) is 57.4 cm³/mol. The van der Waals surface area contributed by atoms with Crippen LogP contribution in [0.15, 0.2) is 12.2 Å². The molecule has 1 N–H and O–H groups in total. The summed E-state index contributed by atoms with van der Waals surface area (Å²) >= 11 is 0. The average Bonchev–Trinajstić information content (AvgIpc) is 2.09. The molecule has 0 bridgehead atoms. The van der Waals surface area contributed by atoms with Gasteiger partial charge in [-0.05, 0) is 21.0 Å². The van der Waals surface area contributed by atoms with Crippen LogP contribution in [0.25, 0.3) is 0 Å². The van der Waals surface area contributed by atoms with Crippen molar-refractivity contribution in [2.24, 2.45) is 0 Å². The standard InChI is InChI=1S/C10H20N2O2/c1-4-5-6-12(9-10(13)14)8-7-11(2)3/h4-5H,6-9H2,1-3H3,(H,13,14)/b5-4+. The first-order chi connectivity index (χ1) is 6.56. The third-order valence-electron chi connectivity index (χ3n) is 1.82. The van der Waals surface area contributed by atoms with Crippen molar-refractivity contribution in [3.8, 4) is 0 Å². The van der Waals surface area contributed by atoms with Crippen molar-refractivity contribution in [2.75, 3.05) is 40.3 Å². The van der Waals surface area contributed by atoms with E-state index < -0.39 is 5.97 Å². The van der Waals surface area contributed by atoms with Crippen LogP contribution >= 0.6 is 0 Å². The molecule has 0 saturated carbocycles. The molecular weight excluding hydrogens is 180 g/mol. The summed E-state index contributed by atoms with van der Waals surface area (Å²) in [7, 11) is 3.96. The second-order valence-corrected chi connectivity index (χ2v) is 3.50. The van der Waals surface area contributed by atoms with Gasteiger partial charge in [0, 0.05) is 19.6 Å². The Morgan fingerprint density at radius 2 is 2.00 bits per heavy atom. The Hall–Kier alpha value is -0.870. The molecule has 0 aliphatic heterocycles. The van der Waals surface area contributed by atoms with Gasteiger partial charge >= 0.3 is 5.97 Å². The molecule has 14 heavy (non-hydrogen) atoms. The van der Waals surface area contributed by atoms with Gasteiger partial charge in [-0.15, -0.1) is 0 Å². The zero-order valence-corrected chi connectivity index (χ0v) is 9.23. The molecule has 0 spiro atoms. The molecule has 4 nitrogen and oxygen atoms in total. The van der Waals surface area contributed by atoms with Gasteiger partial charge in [-0.25, -0.2) is 0 Å². The second-order valence-electron chi connectivity index (χ2n) is 3.50. The van der Waals surface area contributed by atoms with Crippen LogP contribution < -0.4 is 0 Å². The number of rotatable bonds is 7. The number of likely N-dealkylation sites (N-methyl/N-ethyl adjacent to an activating group) is 1. The molecule has 0 saturated heterocycles. The highest BCUT2D eigenvalue weighted by molar-refractivity contribution is 5.69. The molecule has 0 fully saturated rings. The molecule has 0 aliphatic carbocycles. The molecule has 0 unspecified atom stereocenters. The van der Waals surface area contributed by atoms with Crippen LogP contribution in [-0.2, 0) is 4.79 Å². The zero-order chi connectivity index (χ0) is 11.0. The summed E-state index contributed by atoms with van der Waals surface area (Å²) in [5, 5.41) is 8.67. The zero-order valence-electron chi connectivity index (χ0n) is 9.23. The summed E-state index contributed by atoms with van der Waals surface area (Å²) in [5.74, 6) is -0.770. The molecule has 82 valence electrons. The lowest BCUT2D eigenvalue weighted by molar-refractivity contribution is -0.138. The first-order valence-corrected chi connectivity index (χ1v) is 4.76. The van der Waals surface area contributed by atoms with Gasteiger partial charge < -0.3 is 10.0 Å². The third-order valence-corrected chi connectivity index (χ3v) is 1.82. The van der Waals surface area contributed by atoms with Crippen LogP contribution in [0.4, 0.5) is 0 Å². The van der Waals surface area contributed by atoms with E-state index in [0.29, 0.717) is 6.54 Å². The minimum atomic E-state index is -0.770. The largest absolute Gasteiger partial charge is 0.480 e. The molecule has 4 heteroatoms. The topological polar surface area (TPSA) is 43.8 Å². The Labute approximate surface area is 85.8 Å². The Morgan fingerprint density at radius 1 is 1.36 bits per heavy atom. The van der Waals surface area contributed by atoms with Crippen LogP contribution in [0, 0.1) is 0 Å². The first-order valence-electron chi connectivity index (χ1n) is 4.76. The summed E-state index contributed by atoms with van der Waals surface area (Å²) in [6, 6.07) is 0. The second kappa shape index (κ2) is 7.53. The van der Waals surface area contributed by atoms with E-state index in [1.807, 2.05) is 43.0 Å². The van der Waals surface area contributed by atoms with Gasteiger partial charge in [0.05, 0.1) is 6.54 Å². The third kappa shape index (κ3) is 7.76. The Kier molecular flexibility index (Phi) is 7.06. The number of carboxylic acids is 1. The maximum absolute atomic E-state index is 10.5. The van der Waals surface area contributed by atoms with Crippen LogP contribution in [0.1, 0.15) is 6.92 Å². The van der Waals surface area contributed by atoms with Gasteiger partial charge in [0.1, 0.15) is 0 Å². The molecule has 0 aromatic carbocycles. The summed E-state index contributed by atoms with van der Waals surface area (Å²) in [6.45, 7) is 4.41. The van der Waals surface area contributed by atoms with Crippen molar-refractivity contribution in [3.05, 3.63) is 12.2 Å². The highest BCUT2D eigenvalue weighted by atomic mass is 16.4. The van der Waals surface area contributed by atoms with E-state index in [2.05, 4.69) is 0 Å².